The monoisotopic (exact) mass is 602 g/mol. The molecule has 0 bridgehead atoms. The van der Waals surface area contributed by atoms with Crippen molar-refractivity contribution in [3.63, 3.8) is 0 Å². The quantitative estimate of drug-likeness (QED) is 0.165. The molecule has 0 aromatic heterocycles. The molecule has 0 saturated carbocycles. The summed E-state index contributed by atoms with van der Waals surface area (Å²) in [7, 11) is 3.40. The number of nitrogens with zero attached hydrogens (tertiary/aromatic N) is 3. The van der Waals surface area contributed by atoms with E-state index in [1.54, 1.807) is 19.2 Å². The van der Waals surface area contributed by atoms with Crippen LogP contribution in [0.1, 0.15) is 35.2 Å². The van der Waals surface area contributed by atoms with Gasteiger partial charge in [-0.15, -0.1) is 0 Å². The summed E-state index contributed by atoms with van der Waals surface area (Å²) in [6, 6.07) is 25.7. The number of hydrogen-bond donors (Lipinski definition) is 1. The predicted octanol–water partition coefficient (Wildman–Crippen LogP) is 5.26. The van der Waals surface area contributed by atoms with E-state index in [-0.39, 0.29) is 18.9 Å². The van der Waals surface area contributed by atoms with Gasteiger partial charge < -0.3 is 19.5 Å². The average Bonchev–Trinajstić information content (AvgIpc) is 3.07. The highest BCUT2D eigenvalue weighted by molar-refractivity contribution is 5.97. The topological polar surface area (TPSA) is 83.6 Å². The number of piperidine rings is 1. The summed E-state index contributed by atoms with van der Waals surface area (Å²) in [5.41, 5.74) is 4.59. The Bertz CT molecular complexity index is 1270. The minimum atomic E-state index is -0.413. The van der Waals surface area contributed by atoms with E-state index >= 15 is 0 Å². The molecular formula is C35H46N4O5. The van der Waals surface area contributed by atoms with Crippen LogP contribution in [-0.2, 0) is 20.8 Å². The molecule has 9 nitrogen and oxygen atoms in total. The summed E-state index contributed by atoms with van der Waals surface area (Å²) in [5.74, 6) is -0.00905. The lowest BCUT2D eigenvalue weighted by molar-refractivity contribution is 0.0986. The van der Waals surface area contributed by atoms with Crippen molar-refractivity contribution in [2.24, 2.45) is 0 Å². The lowest BCUT2D eigenvalue weighted by atomic mass is 10.0. The molecule has 9 heteroatoms. The van der Waals surface area contributed by atoms with E-state index in [4.69, 9.17) is 14.2 Å². The van der Waals surface area contributed by atoms with E-state index in [2.05, 4.69) is 15.2 Å². The molecule has 1 saturated heterocycles. The Labute approximate surface area is 261 Å². The van der Waals surface area contributed by atoms with Crippen LogP contribution in [0.2, 0.25) is 0 Å². The molecule has 1 heterocycles. The fraction of sp³-hybridized carbons (Fsp3) is 0.429. The molecule has 236 valence electrons. The number of para-hydroxylation sites is 1. The minimum absolute atomic E-state index is 0.00905. The molecule has 0 spiro atoms. The van der Waals surface area contributed by atoms with Gasteiger partial charge in [0.25, 0.3) is 0 Å². The second-order valence-corrected chi connectivity index (χ2v) is 10.9. The van der Waals surface area contributed by atoms with Crippen LogP contribution < -0.4 is 10.3 Å². The maximum absolute atomic E-state index is 13.5. The normalized spacial score (nSPS) is 13.6. The lowest BCUT2D eigenvalue weighted by Gasteiger charge is -2.37. The smallest absolute Gasteiger partial charge is 0.429 e. The van der Waals surface area contributed by atoms with Crippen molar-refractivity contribution < 1.29 is 23.8 Å². The van der Waals surface area contributed by atoms with Crippen molar-refractivity contribution in [1.29, 1.82) is 0 Å². The van der Waals surface area contributed by atoms with Crippen molar-refractivity contribution in [2.75, 3.05) is 78.3 Å². The van der Waals surface area contributed by atoms with Gasteiger partial charge in [0.15, 0.2) is 5.78 Å². The number of Topliss-reactive ketones (excluding diaryl/α,β-unsaturated/α-hetero) is 1. The van der Waals surface area contributed by atoms with Gasteiger partial charge in [-0.2, -0.15) is 0 Å². The number of hydrogen-bond acceptors (Lipinski definition) is 8. The highest BCUT2D eigenvalue weighted by Crippen LogP contribution is 2.33. The largest absolute Gasteiger partial charge is 0.447 e. The first-order valence-electron chi connectivity index (χ1n) is 15.5. The number of ether oxygens (including phenoxy) is 3. The first-order chi connectivity index (χ1) is 21.6. The maximum Gasteiger partial charge on any atom is 0.429 e. The van der Waals surface area contributed by atoms with E-state index < -0.39 is 6.09 Å². The van der Waals surface area contributed by atoms with Gasteiger partial charge >= 0.3 is 6.09 Å². The van der Waals surface area contributed by atoms with Gasteiger partial charge in [-0.3, -0.25) is 9.69 Å². The summed E-state index contributed by atoms with van der Waals surface area (Å²) in [4.78, 5) is 28.6. The molecule has 44 heavy (non-hydrogen) atoms. The molecular weight excluding hydrogens is 556 g/mol. The SMILES string of the molecule is COCCN(CCOC)Cc1ccc(C(=O)CNCCOC(=O)N(c2ccccc2-c2ccccc2)N2CCCCC2)cc1. The number of hydrazine groups is 1. The van der Waals surface area contributed by atoms with Crippen LogP contribution in [0.15, 0.2) is 78.9 Å². The van der Waals surface area contributed by atoms with Crippen LogP contribution in [-0.4, -0.2) is 95.1 Å². The first kappa shape index (κ1) is 33.3. The third-order valence-corrected chi connectivity index (χ3v) is 7.70. The fourth-order valence-electron chi connectivity index (χ4n) is 5.30. The van der Waals surface area contributed by atoms with Crippen molar-refractivity contribution >= 4 is 17.6 Å². The molecule has 3 aromatic rings. The third-order valence-electron chi connectivity index (χ3n) is 7.70. The van der Waals surface area contributed by atoms with Gasteiger partial charge in [0, 0.05) is 64.6 Å². The van der Waals surface area contributed by atoms with Crippen LogP contribution >= 0.6 is 0 Å². The minimum Gasteiger partial charge on any atom is -0.447 e. The second kappa shape index (κ2) is 18.3. The fourth-order valence-corrected chi connectivity index (χ4v) is 5.30. The number of benzene rings is 3. The predicted molar refractivity (Wildman–Crippen MR) is 174 cm³/mol. The summed E-state index contributed by atoms with van der Waals surface area (Å²) < 4.78 is 16.2. The Morgan fingerprint density at radius 3 is 2.14 bits per heavy atom. The Morgan fingerprint density at radius 2 is 1.45 bits per heavy atom. The highest BCUT2D eigenvalue weighted by Gasteiger charge is 2.28. The molecule has 3 aromatic carbocycles. The van der Waals surface area contributed by atoms with Crippen LogP contribution in [0.4, 0.5) is 10.5 Å². The highest BCUT2D eigenvalue weighted by atomic mass is 16.6. The van der Waals surface area contributed by atoms with E-state index in [1.807, 2.05) is 78.9 Å². The van der Waals surface area contributed by atoms with Crippen molar-refractivity contribution in [3.8, 4) is 11.1 Å². The average molecular weight is 603 g/mol. The van der Waals surface area contributed by atoms with Crippen LogP contribution in [0.3, 0.4) is 0 Å². The molecule has 0 radical (unpaired) electrons. The lowest BCUT2D eigenvalue weighted by Crippen LogP contribution is -2.50. The molecule has 0 unspecified atom stereocenters. The van der Waals surface area contributed by atoms with Gasteiger partial charge in [-0.25, -0.2) is 14.8 Å². The Morgan fingerprint density at radius 1 is 0.795 bits per heavy atom. The standard InChI is InChI=1S/C35H46N4O5/c1-42-25-22-37(23-26-43-2)28-29-15-17-31(18-16-29)34(40)27-36-19-24-44-35(41)39(38-20-9-4-10-21-38)33-14-8-7-13-32(33)30-11-5-3-6-12-30/h3,5-8,11-18,36H,4,9-10,19-28H2,1-2H3. The van der Waals surface area contributed by atoms with Crippen molar-refractivity contribution in [1.82, 2.24) is 15.2 Å². The molecule has 4 rings (SSSR count). The van der Waals surface area contributed by atoms with Crippen molar-refractivity contribution in [3.05, 3.63) is 90.0 Å². The van der Waals surface area contributed by atoms with Crippen LogP contribution in [0.25, 0.3) is 11.1 Å². The molecule has 0 atom stereocenters. The number of ketones is 1. The van der Waals surface area contributed by atoms with E-state index in [0.717, 1.165) is 74.4 Å². The van der Waals surface area contributed by atoms with Gasteiger partial charge in [-0.05, 0) is 30.0 Å². The maximum atomic E-state index is 13.5. The third kappa shape index (κ3) is 9.97. The first-order valence-corrected chi connectivity index (χ1v) is 15.5. The van der Waals surface area contributed by atoms with E-state index in [1.165, 1.54) is 0 Å². The Balaban J connectivity index is 1.29. The zero-order valence-corrected chi connectivity index (χ0v) is 26.1. The number of amides is 1. The van der Waals surface area contributed by atoms with Gasteiger partial charge in [0.05, 0.1) is 25.4 Å². The Hall–Kier alpha value is -3.60. The van der Waals surface area contributed by atoms with Gasteiger partial charge in [0.2, 0.25) is 0 Å². The zero-order valence-electron chi connectivity index (χ0n) is 26.1. The molecule has 1 aliphatic heterocycles. The molecule has 0 aliphatic carbocycles. The summed E-state index contributed by atoms with van der Waals surface area (Å²) in [6.07, 6.45) is 2.80. The summed E-state index contributed by atoms with van der Waals surface area (Å²) in [6.45, 7) is 5.96. The molecule has 1 N–H and O–H groups in total. The number of rotatable bonds is 17. The van der Waals surface area contributed by atoms with Crippen LogP contribution in [0, 0.1) is 0 Å². The molecule has 1 amide bonds. The second-order valence-electron chi connectivity index (χ2n) is 10.9. The number of nitrogens with one attached hydrogen (secondary N) is 1. The van der Waals surface area contributed by atoms with Crippen LogP contribution in [0.5, 0.6) is 0 Å². The number of carbonyl (C=O) groups excluding carboxylic acids is 2. The number of methoxy groups -OCH3 is 2. The Kier molecular flexibility index (Phi) is 13.8. The number of carbonyl (C=O) groups is 2. The van der Waals surface area contributed by atoms with E-state index in [9.17, 15) is 9.59 Å². The zero-order chi connectivity index (χ0) is 31.0. The number of anilines is 1. The van der Waals surface area contributed by atoms with Gasteiger partial charge in [-0.1, -0.05) is 79.2 Å². The summed E-state index contributed by atoms with van der Waals surface area (Å²) >= 11 is 0. The van der Waals surface area contributed by atoms with E-state index in [0.29, 0.717) is 25.3 Å². The van der Waals surface area contributed by atoms with Gasteiger partial charge in [0.1, 0.15) is 6.61 Å². The molecule has 1 fully saturated rings. The molecule has 1 aliphatic rings. The summed E-state index contributed by atoms with van der Waals surface area (Å²) in [5, 5.41) is 6.91. The van der Waals surface area contributed by atoms with Crippen molar-refractivity contribution in [2.45, 2.75) is 25.8 Å².